The van der Waals surface area contributed by atoms with Crippen LogP contribution in [0.5, 0.6) is 5.75 Å². The Labute approximate surface area is 219 Å². The maximum absolute atomic E-state index is 11.3. The first-order valence-corrected chi connectivity index (χ1v) is 13.0. The summed E-state index contributed by atoms with van der Waals surface area (Å²) in [4.78, 5) is 0. The van der Waals surface area contributed by atoms with Gasteiger partial charge in [-0.15, -0.1) is 0 Å². The van der Waals surface area contributed by atoms with E-state index < -0.39 is 0 Å². The predicted octanol–water partition coefficient (Wildman–Crippen LogP) is 8.19. The molecule has 3 nitrogen and oxygen atoms in total. The van der Waals surface area contributed by atoms with Gasteiger partial charge in [0.1, 0.15) is 5.75 Å². The van der Waals surface area contributed by atoms with E-state index in [0.717, 1.165) is 77.3 Å². The molecule has 0 heterocycles. The Morgan fingerprint density at radius 1 is 0.595 bits per heavy atom. The molecular formula is C34H34O3. The quantitative estimate of drug-likeness (QED) is 0.201. The van der Waals surface area contributed by atoms with E-state index in [1.54, 1.807) is 14.2 Å². The second-order valence-electron chi connectivity index (χ2n) is 9.62. The standard InChI is InChI=1S/C34H34O3/c1-36-20-6-8-24-12-16-30-27(22-24)14-18-29(26-10-4-3-5-11-26)33(30)34-31-17-13-25(9-7-21-37-2)23-28(31)15-19-32(34)35/h3-5,10-19,22-23,35H,6-9,20-21H2,1-2H3. The third-order valence-corrected chi connectivity index (χ3v) is 7.11. The maximum Gasteiger partial charge on any atom is 0.124 e. The number of benzene rings is 5. The molecular weight excluding hydrogens is 456 g/mol. The van der Waals surface area contributed by atoms with Crippen molar-refractivity contribution in [3.8, 4) is 28.0 Å². The zero-order chi connectivity index (χ0) is 25.6. The van der Waals surface area contributed by atoms with Crippen molar-refractivity contribution < 1.29 is 14.6 Å². The zero-order valence-corrected chi connectivity index (χ0v) is 21.7. The fourth-order valence-electron chi connectivity index (χ4n) is 5.29. The van der Waals surface area contributed by atoms with E-state index in [4.69, 9.17) is 9.47 Å². The summed E-state index contributed by atoms with van der Waals surface area (Å²) in [5.41, 5.74) is 6.79. The molecule has 0 aliphatic rings. The fourth-order valence-corrected chi connectivity index (χ4v) is 5.29. The summed E-state index contributed by atoms with van der Waals surface area (Å²) in [6.07, 6.45) is 3.93. The van der Waals surface area contributed by atoms with Crippen LogP contribution in [-0.4, -0.2) is 32.5 Å². The first-order valence-electron chi connectivity index (χ1n) is 13.0. The van der Waals surface area contributed by atoms with Crippen molar-refractivity contribution in [3.05, 3.63) is 102 Å². The lowest BCUT2D eigenvalue weighted by molar-refractivity contribution is 0.195. The molecule has 5 aromatic carbocycles. The van der Waals surface area contributed by atoms with Crippen LogP contribution in [0.15, 0.2) is 91.0 Å². The largest absolute Gasteiger partial charge is 0.507 e. The molecule has 0 unspecified atom stereocenters. The first kappa shape index (κ1) is 25.0. The van der Waals surface area contributed by atoms with Crippen molar-refractivity contribution in [1.82, 2.24) is 0 Å². The Hall–Kier alpha value is -3.66. The molecule has 0 bridgehead atoms. The number of phenols is 1. The van der Waals surface area contributed by atoms with E-state index in [1.807, 2.05) is 18.2 Å². The van der Waals surface area contributed by atoms with Crippen LogP contribution in [-0.2, 0) is 22.3 Å². The van der Waals surface area contributed by atoms with Crippen molar-refractivity contribution in [1.29, 1.82) is 0 Å². The number of methoxy groups -OCH3 is 2. The molecule has 0 radical (unpaired) electrons. The van der Waals surface area contributed by atoms with Gasteiger partial charge < -0.3 is 14.6 Å². The summed E-state index contributed by atoms with van der Waals surface area (Å²) in [5, 5.41) is 15.8. The number of ether oxygens (including phenoxy) is 2. The normalized spacial score (nSPS) is 11.4. The summed E-state index contributed by atoms with van der Waals surface area (Å²) in [5.74, 6) is 0.300. The molecule has 0 fully saturated rings. The summed E-state index contributed by atoms with van der Waals surface area (Å²) in [7, 11) is 3.49. The van der Waals surface area contributed by atoms with Gasteiger partial charge in [-0.25, -0.2) is 0 Å². The Bertz CT molecular complexity index is 1500. The number of aryl methyl sites for hydroxylation is 2. The van der Waals surface area contributed by atoms with E-state index in [-0.39, 0.29) is 0 Å². The van der Waals surface area contributed by atoms with Crippen molar-refractivity contribution in [2.24, 2.45) is 0 Å². The molecule has 0 aliphatic heterocycles. The molecule has 0 aromatic heterocycles. The number of rotatable bonds is 10. The molecule has 37 heavy (non-hydrogen) atoms. The topological polar surface area (TPSA) is 38.7 Å². The van der Waals surface area contributed by atoms with E-state index in [9.17, 15) is 5.11 Å². The van der Waals surface area contributed by atoms with Crippen LogP contribution in [0.3, 0.4) is 0 Å². The maximum atomic E-state index is 11.3. The van der Waals surface area contributed by atoms with Crippen LogP contribution in [0.1, 0.15) is 24.0 Å². The van der Waals surface area contributed by atoms with Crippen molar-refractivity contribution in [2.75, 3.05) is 27.4 Å². The Kier molecular flexibility index (Phi) is 7.84. The Balaban J connectivity index is 1.71. The van der Waals surface area contributed by atoms with Gasteiger partial charge in [0.15, 0.2) is 0 Å². The smallest absolute Gasteiger partial charge is 0.124 e. The average molecular weight is 491 g/mol. The highest BCUT2D eigenvalue weighted by atomic mass is 16.5. The summed E-state index contributed by atoms with van der Waals surface area (Å²) < 4.78 is 10.5. The molecule has 3 heteroatoms. The lowest BCUT2D eigenvalue weighted by Crippen LogP contribution is -1.95. The van der Waals surface area contributed by atoms with Gasteiger partial charge in [-0.2, -0.15) is 0 Å². The summed E-state index contributed by atoms with van der Waals surface area (Å²) in [6, 6.07) is 32.0. The third kappa shape index (κ3) is 5.39. The lowest BCUT2D eigenvalue weighted by Gasteiger charge is -2.18. The van der Waals surface area contributed by atoms with Crippen LogP contribution in [0.2, 0.25) is 0 Å². The van der Waals surface area contributed by atoms with Crippen LogP contribution in [0.25, 0.3) is 43.8 Å². The van der Waals surface area contributed by atoms with E-state index in [2.05, 4.69) is 72.8 Å². The number of hydrogen-bond donors (Lipinski definition) is 1. The molecule has 0 amide bonds. The average Bonchev–Trinajstić information content (AvgIpc) is 2.93. The number of hydrogen-bond acceptors (Lipinski definition) is 3. The van der Waals surface area contributed by atoms with E-state index >= 15 is 0 Å². The summed E-state index contributed by atoms with van der Waals surface area (Å²) in [6.45, 7) is 1.51. The van der Waals surface area contributed by atoms with E-state index in [1.165, 1.54) is 16.5 Å². The van der Waals surface area contributed by atoms with Gasteiger partial charge in [0.2, 0.25) is 0 Å². The molecule has 0 atom stereocenters. The Morgan fingerprint density at radius 3 is 1.76 bits per heavy atom. The number of fused-ring (bicyclic) bond motifs is 2. The van der Waals surface area contributed by atoms with Crippen LogP contribution >= 0.6 is 0 Å². The molecule has 0 saturated heterocycles. The van der Waals surface area contributed by atoms with Crippen LogP contribution < -0.4 is 0 Å². The molecule has 1 N–H and O–H groups in total. The lowest BCUT2D eigenvalue weighted by atomic mass is 9.86. The fraction of sp³-hybridized carbons (Fsp3) is 0.235. The van der Waals surface area contributed by atoms with Gasteiger partial charge in [0, 0.05) is 38.6 Å². The zero-order valence-electron chi connectivity index (χ0n) is 21.7. The highest BCUT2D eigenvalue weighted by Crippen LogP contribution is 2.45. The van der Waals surface area contributed by atoms with Gasteiger partial charge >= 0.3 is 0 Å². The van der Waals surface area contributed by atoms with Crippen molar-refractivity contribution in [2.45, 2.75) is 25.7 Å². The molecule has 5 rings (SSSR count). The van der Waals surface area contributed by atoms with Crippen LogP contribution in [0.4, 0.5) is 0 Å². The van der Waals surface area contributed by atoms with Crippen LogP contribution in [0, 0.1) is 0 Å². The predicted molar refractivity (Wildman–Crippen MR) is 154 cm³/mol. The van der Waals surface area contributed by atoms with Gasteiger partial charge in [-0.1, -0.05) is 84.9 Å². The minimum atomic E-state index is 0.300. The monoisotopic (exact) mass is 490 g/mol. The van der Waals surface area contributed by atoms with Gasteiger partial charge in [0.05, 0.1) is 0 Å². The minimum Gasteiger partial charge on any atom is -0.507 e. The SMILES string of the molecule is COCCCc1ccc2c(-c3c(-c4ccccc4)ccc4cc(CCCOC)ccc34)c(O)ccc2c1. The van der Waals surface area contributed by atoms with Gasteiger partial charge in [-0.05, 0) is 75.5 Å². The second-order valence-corrected chi connectivity index (χ2v) is 9.62. The molecule has 188 valence electrons. The summed E-state index contributed by atoms with van der Waals surface area (Å²) >= 11 is 0. The highest BCUT2D eigenvalue weighted by molar-refractivity contribution is 6.12. The number of phenolic OH excluding ortho intramolecular Hbond substituents is 1. The highest BCUT2D eigenvalue weighted by Gasteiger charge is 2.18. The van der Waals surface area contributed by atoms with E-state index in [0.29, 0.717) is 5.75 Å². The molecule has 5 aromatic rings. The molecule has 0 aliphatic carbocycles. The Morgan fingerprint density at radius 2 is 1.16 bits per heavy atom. The number of aromatic hydroxyl groups is 1. The first-order chi connectivity index (χ1) is 18.2. The van der Waals surface area contributed by atoms with Gasteiger partial charge in [-0.3, -0.25) is 0 Å². The molecule has 0 saturated carbocycles. The minimum absolute atomic E-state index is 0.300. The third-order valence-electron chi connectivity index (χ3n) is 7.11. The van der Waals surface area contributed by atoms with Crippen molar-refractivity contribution >= 4 is 21.5 Å². The van der Waals surface area contributed by atoms with Gasteiger partial charge in [0.25, 0.3) is 0 Å². The van der Waals surface area contributed by atoms with Crippen molar-refractivity contribution in [3.63, 3.8) is 0 Å². The second kappa shape index (κ2) is 11.6. The molecule has 0 spiro atoms.